The van der Waals surface area contributed by atoms with Crippen molar-refractivity contribution in [3.8, 4) is 5.88 Å². The Bertz CT molecular complexity index is 641. The Balaban J connectivity index is 2.28. The van der Waals surface area contributed by atoms with Gasteiger partial charge in [-0.05, 0) is 32.4 Å². The van der Waals surface area contributed by atoms with Crippen molar-refractivity contribution in [1.82, 2.24) is 15.3 Å². The predicted molar refractivity (Wildman–Crippen MR) is 82.7 cm³/mol. The van der Waals surface area contributed by atoms with Crippen molar-refractivity contribution in [3.63, 3.8) is 0 Å². The molecule has 0 aliphatic rings. The van der Waals surface area contributed by atoms with E-state index in [0.29, 0.717) is 11.4 Å². The number of aryl methyl sites for hydroxylation is 1. The molecule has 0 fully saturated rings. The van der Waals surface area contributed by atoms with Gasteiger partial charge in [0.05, 0.1) is 12.6 Å². The number of amides is 1. The SMILES string of the molecule is CC[C@](C)(NC(=O)c1cccnc1OC)c1nc(C)cs1. The molecule has 112 valence electrons. The highest BCUT2D eigenvalue weighted by atomic mass is 32.1. The quantitative estimate of drug-likeness (QED) is 0.922. The summed E-state index contributed by atoms with van der Waals surface area (Å²) in [7, 11) is 1.50. The number of carbonyl (C=O) groups is 1. The van der Waals surface area contributed by atoms with Crippen LogP contribution in [0.15, 0.2) is 23.7 Å². The van der Waals surface area contributed by atoms with E-state index in [1.54, 1.807) is 29.7 Å². The van der Waals surface area contributed by atoms with E-state index in [0.717, 1.165) is 17.1 Å². The number of aromatic nitrogens is 2. The number of methoxy groups -OCH3 is 1. The van der Waals surface area contributed by atoms with Crippen LogP contribution in [0.4, 0.5) is 0 Å². The molecule has 1 atom stereocenters. The summed E-state index contributed by atoms with van der Waals surface area (Å²) in [6.07, 6.45) is 2.34. The molecule has 6 heteroatoms. The minimum absolute atomic E-state index is 0.211. The monoisotopic (exact) mass is 305 g/mol. The first-order valence-electron chi connectivity index (χ1n) is 6.74. The van der Waals surface area contributed by atoms with Crippen LogP contribution in [0.3, 0.4) is 0 Å². The zero-order chi connectivity index (χ0) is 15.5. The first-order valence-corrected chi connectivity index (χ1v) is 7.62. The fourth-order valence-electron chi connectivity index (χ4n) is 1.94. The Kier molecular flexibility index (Phi) is 4.57. The lowest BCUT2D eigenvalue weighted by Crippen LogP contribution is -2.43. The van der Waals surface area contributed by atoms with Crippen molar-refractivity contribution in [1.29, 1.82) is 0 Å². The fourth-order valence-corrected chi connectivity index (χ4v) is 2.93. The van der Waals surface area contributed by atoms with Crippen molar-refractivity contribution in [2.24, 2.45) is 0 Å². The molecular weight excluding hydrogens is 286 g/mol. The van der Waals surface area contributed by atoms with E-state index in [4.69, 9.17) is 4.74 Å². The number of hydrogen-bond acceptors (Lipinski definition) is 5. The van der Waals surface area contributed by atoms with Gasteiger partial charge in [-0.15, -0.1) is 11.3 Å². The molecule has 0 aromatic carbocycles. The first-order chi connectivity index (χ1) is 10.00. The minimum Gasteiger partial charge on any atom is -0.480 e. The fraction of sp³-hybridized carbons (Fsp3) is 0.400. The molecule has 0 unspecified atom stereocenters. The largest absolute Gasteiger partial charge is 0.480 e. The Morgan fingerprint density at radius 2 is 2.29 bits per heavy atom. The Morgan fingerprint density at radius 1 is 1.52 bits per heavy atom. The van der Waals surface area contributed by atoms with Crippen LogP contribution >= 0.6 is 11.3 Å². The number of nitrogens with one attached hydrogen (secondary N) is 1. The van der Waals surface area contributed by atoms with Crippen LogP contribution in [-0.2, 0) is 5.54 Å². The smallest absolute Gasteiger partial charge is 0.257 e. The Labute approximate surface area is 128 Å². The van der Waals surface area contributed by atoms with Crippen molar-refractivity contribution in [2.75, 3.05) is 7.11 Å². The third-order valence-corrected chi connectivity index (χ3v) is 4.62. The molecule has 0 aliphatic heterocycles. The molecular formula is C15H19N3O2S. The van der Waals surface area contributed by atoms with Crippen molar-refractivity contribution < 1.29 is 9.53 Å². The number of hydrogen-bond donors (Lipinski definition) is 1. The number of carbonyl (C=O) groups excluding carboxylic acids is 1. The number of pyridine rings is 1. The van der Waals surface area contributed by atoms with Gasteiger partial charge < -0.3 is 10.1 Å². The van der Waals surface area contributed by atoms with Gasteiger partial charge in [-0.3, -0.25) is 4.79 Å². The van der Waals surface area contributed by atoms with Crippen LogP contribution in [0, 0.1) is 6.92 Å². The van der Waals surface area contributed by atoms with Gasteiger partial charge in [0.15, 0.2) is 0 Å². The molecule has 0 bridgehead atoms. The van der Waals surface area contributed by atoms with Crippen LogP contribution in [0.1, 0.15) is 41.3 Å². The number of nitrogens with zero attached hydrogens (tertiary/aromatic N) is 2. The van der Waals surface area contributed by atoms with Gasteiger partial charge in [-0.2, -0.15) is 0 Å². The average Bonchev–Trinajstić information content (AvgIpc) is 2.94. The third-order valence-electron chi connectivity index (χ3n) is 3.40. The van der Waals surface area contributed by atoms with Crippen LogP contribution in [0.2, 0.25) is 0 Å². The van der Waals surface area contributed by atoms with Crippen molar-refractivity contribution in [2.45, 2.75) is 32.7 Å². The summed E-state index contributed by atoms with van der Waals surface area (Å²) < 4.78 is 5.14. The molecule has 2 aromatic rings. The summed E-state index contributed by atoms with van der Waals surface area (Å²) in [5.41, 5.74) is 0.882. The summed E-state index contributed by atoms with van der Waals surface area (Å²) in [6.45, 7) is 5.95. The summed E-state index contributed by atoms with van der Waals surface area (Å²) in [6, 6.07) is 3.42. The topological polar surface area (TPSA) is 64.1 Å². The molecule has 0 saturated carbocycles. The second-order valence-corrected chi connectivity index (χ2v) is 5.85. The van der Waals surface area contributed by atoms with Gasteiger partial charge in [-0.25, -0.2) is 9.97 Å². The first kappa shape index (κ1) is 15.4. The van der Waals surface area contributed by atoms with Crippen LogP contribution < -0.4 is 10.1 Å². The van der Waals surface area contributed by atoms with E-state index in [1.807, 2.05) is 26.2 Å². The van der Waals surface area contributed by atoms with Crippen molar-refractivity contribution in [3.05, 3.63) is 40.0 Å². The lowest BCUT2D eigenvalue weighted by Gasteiger charge is -2.27. The Hall–Kier alpha value is -1.95. The highest BCUT2D eigenvalue weighted by Crippen LogP contribution is 2.28. The maximum Gasteiger partial charge on any atom is 0.257 e. The molecule has 5 nitrogen and oxygen atoms in total. The van der Waals surface area contributed by atoms with Gasteiger partial charge in [-0.1, -0.05) is 6.92 Å². The molecule has 0 saturated heterocycles. The lowest BCUT2D eigenvalue weighted by atomic mass is 9.99. The summed E-state index contributed by atoms with van der Waals surface area (Å²) in [5.74, 6) is 0.112. The molecule has 2 heterocycles. The molecule has 2 rings (SSSR count). The standard InChI is InChI=1S/C15H19N3O2S/c1-5-15(3,14-17-10(2)9-21-14)18-12(19)11-7-6-8-16-13(11)20-4/h6-9H,5H2,1-4H3,(H,18,19)/t15-/m0/s1. The van der Waals surface area contributed by atoms with E-state index in [2.05, 4.69) is 15.3 Å². The number of ether oxygens (including phenoxy) is 1. The highest BCUT2D eigenvalue weighted by molar-refractivity contribution is 7.09. The summed E-state index contributed by atoms with van der Waals surface area (Å²) >= 11 is 1.56. The van der Waals surface area contributed by atoms with E-state index in [1.165, 1.54) is 7.11 Å². The third kappa shape index (κ3) is 3.21. The maximum absolute atomic E-state index is 12.5. The summed E-state index contributed by atoms with van der Waals surface area (Å²) in [4.78, 5) is 21.1. The van der Waals surface area contributed by atoms with Gasteiger partial charge >= 0.3 is 0 Å². The van der Waals surface area contributed by atoms with Gasteiger partial charge in [0.2, 0.25) is 5.88 Å². The van der Waals surface area contributed by atoms with Crippen LogP contribution in [0.5, 0.6) is 5.88 Å². The molecule has 0 spiro atoms. The average molecular weight is 305 g/mol. The van der Waals surface area contributed by atoms with Gasteiger partial charge in [0.1, 0.15) is 10.6 Å². The van der Waals surface area contributed by atoms with Crippen molar-refractivity contribution >= 4 is 17.2 Å². The van der Waals surface area contributed by atoms with E-state index in [-0.39, 0.29) is 5.91 Å². The molecule has 0 aliphatic carbocycles. The summed E-state index contributed by atoms with van der Waals surface area (Å²) in [5, 5.41) is 5.94. The minimum atomic E-state index is -0.503. The maximum atomic E-state index is 12.5. The zero-order valence-electron chi connectivity index (χ0n) is 12.6. The second-order valence-electron chi connectivity index (χ2n) is 4.99. The predicted octanol–water partition coefficient (Wildman–Crippen LogP) is 2.91. The molecule has 2 aromatic heterocycles. The molecule has 21 heavy (non-hydrogen) atoms. The van der Waals surface area contributed by atoms with Crippen LogP contribution in [-0.4, -0.2) is 23.0 Å². The normalized spacial score (nSPS) is 13.5. The van der Waals surface area contributed by atoms with Crippen LogP contribution in [0.25, 0.3) is 0 Å². The second kappa shape index (κ2) is 6.22. The Morgan fingerprint density at radius 3 is 2.86 bits per heavy atom. The molecule has 1 amide bonds. The molecule has 1 N–H and O–H groups in total. The van der Waals surface area contributed by atoms with E-state index >= 15 is 0 Å². The van der Waals surface area contributed by atoms with Gasteiger partial charge in [0.25, 0.3) is 5.91 Å². The highest BCUT2D eigenvalue weighted by Gasteiger charge is 2.31. The zero-order valence-corrected chi connectivity index (χ0v) is 13.5. The molecule has 0 radical (unpaired) electrons. The number of thiazole rings is 1. The van der Waals surface area contributed by atoms with E-state index < -0.39 is 5.54 Å². The van der Waals surface area contributed by atoms with Gasteiger partial charge in [0, 0.05) is 17.3 Å². The lowest BCUT2D eigenvalue weighted by molar-refractivity contribution is 0.0898. The van der Waals surface area contributed by atoms with E-state index in [9.17, 15) is 4.79 Å². The number of rotatable bonds is 5.